The fraction of sp³-hybridized carbons (Fsp3) is 0.348. The summed E-state index contributed by atoms with van der Waals surface area (Å²) in [5, 5.41) is 4.02. The number of H-pyrrole nitrogens is 1. The lowest BCUT2D eigenvalue weighted by Gasteiger charge is -2.41. The highest BCUT2D eigenvalue weighted by molar-refractivity contribution is 6.06. The van der Waals surface area contributed by atoms with Crippen molar-refractivity contribution in [1.82, 2.24) is 20.2 Å². The third-order valence-electron chi connectivity index (χ3n) is 6.64. The molecule has 2 N–H and O–H groups in total. The Morgan fingerprint density at radius 1 is 1.17 bits per heavy atom. The Labute approximate surface area is 169 Å². The third kappa shape index (κ3) is 3.09. The molecule has 1 aliphatic carbocycles. The van der Waals surface area contributed by atoms with Gasteiger partial charge in [0, 0.05) is 60.1 Å². The average molecular weight is 388 g/mol. The maximum atomic E-state index is 13.3. The Morgan fingerprint density at radius 3 is 2.76 bits per heavy atom. The molecule has 29 heavy (non-hydrogen) atoms. The van der Waals surface area contributed by atoms with E-state index in [1.54, 1.807) is 12.4 Å². The molecule has 5 rings (SSSR count). The molecule has 0 radical (unpaired) electrons. The fourth-order valence-electron chi connectivity index (χ4n) is 4.88. The third-order valence-corrected chi connectivity index (χ3v) is 6.64. The normalized spacial score (nSPS) is 20.0. The number of amides is 2. The molecule has 1 unspecified atom stereocenters. The van der Waals surface area contributed by atoms with Crippen molar-refractivity contribution in [1.29, 1.82) is 0 Å². The first-order valence-corrected chi connectivity index (χ1v) is 10.2. The first-order valence-electron chi connectivity index (χ1n) is 10.2. The van der Waals surface area contributed by atoms with Gasteiger partial charge in [0.05, 0.1) is 5.92 Å². The van der Waals surface area contributed by atoms with Gasteiger partial charge in [-0.1, -0.05) is 12.5 Å². The SMILES string of the molecule is O=C(NCc1ccncc1)C1CN(C(=O)c2cccc3[nH]ccc23)CC12CCC2. The first-order chi connectivity index (χ1) is 14.2. The molecule has 2 fully saturated rings. The number of fused-ring (bicyclic) bond motifs is 1. The van der Waals surface area contributed by atoms with Crippen molar-refractivity contribution < 1.29 is 9.59 Å². The quantitative estimate of drug-likeness (QED) is 0.721. The number of benzene rings is 1. The highest BCUT2D eigenvalue weighted by atomic mass is 16.2. The lowest BCUT2D eigenvalue weighted by Crippen LogP contribution is -2.45. The number of aromatic nitrogens is 2. The summed E-state index contributed by atoms with van der Waals surface area (Å²) in [6.45, 7) is 1.65. The minimum absolute atomic E-state index is 0.0194. The van der Waals surface area contributed by atoms with E-state index in [1.807, 2.05) is 47.5 Å². The second-order valence-electron chi connectivity index (χ2n) is 8.27. The largest absolute Gasteiger partial charge is 0.361 e. The molecule has 148 valence electrons. The lowest BCUT2D eigenvalue weighted by molar-refractivity contribution is -0.129. The van der Waals surface area contributed by atoms with Gasteiger partial charge in [0.15, 0.2) is 0 Å². The molecule has 1 aromatic carbocycles. The summed E-state index contributed by atoms with van der Waals surface area (Å²) in [7, 11) is 0. The zero-order chi connectivity index (χ0) is 19.8. The lowest BCUT2D eigenvalue weighted by atomic mass is 9.62. The van der Waals surface area contributed by atoms with Gasteiger partial charge in [-0.25, -0.2) is 0 Å². The number of rotatable bonds is 4. The van der Waals surface area contributed by atoms with Crippen LogP contribution in [0.25, 0.3) is 10.9 Å². The molecule has 1 saturated carbocycles. The Hall–Kier alpha value is -3.15. The minimum atomic E-state index is -0.146. The van der Waals surface area contributed by atoms with E-state index in [-0.39, 0.29) is 23.1 Å². The van der Waals surface area contributed by atoms with E-state index in [1.165, 1.54) is 0 Å². The summed E-state index contributed by atoms with van der Waals surface area (Å²) in [6, 6.07) is 11.5. The Kier molecular flexibility index (Phi) is 4.34. The number of carbonyl (C=O) groups excluding carboxylic acids is 2. The van der Waals surface area contributed by atoms with Gasteiger partial charge >= 0.3 is 0 Å². The Morgan fingerprint density at radius 2 is 2.00 bits per heavy atom. The standard InChI is InChI=1S/C23H24N4O2/c28-21(26-13-16-5-10-24-11-6-16)19-14-27(15-23(19)8-2-9-23)22(29)18-3-1-4-20-17(18)7-12-25-20/h1,3-7,10-12,19,25H,2,8-9,13-15H2,(H,26,28). The van der Waals surface area contributed by atoms with Crippen LogP contribution in [0, 0.1) is 11.3 Å². The number of hydrogen-bond donors (Lipinski definition) is 2. The average Bonchev–Trinajstić information content (AvgIpc) is 3.37. The topological polar surface area (TPSA) is 78.1 Å². The number of aromatic amines is 1. The van der Waals surface area contributed by atoms with E-state index in [0.29, 0.717) is 25.2 Å². The smallest absolute Gasteiger partial charge is 0.254 e. The van der Waals surface area contributed by atoms with E-state index >= 15 is 0 Å². The van der Waals surface area contributed by atoms with Gasteiger partial charge in [-0.2, -0.15) is 0 Å². The van der Waals surface area contributed by atoms with Crippen LogP contribution in [0.5, 0.6) is 0 Å². The van der Waals surface area contributed by atoms with Crippen molar-refractivity contribution in [3.05, 3.63) is 66.1 Å². The molecule has 2 aliphatic rings. The van der Waals surface area contributed by atoms with E-state index in [0.717, 1.165) is 35.7 Å². The molecule has 1 saturated heterocycles. The van der Waals surface area contributed by atoms with Crippen LogP contribution in [-0.2, 0) is 11.3 Å². The summed E-state index contributed by atoms with van der Waals surface area (Å²) in [5.41, 5.74) is 2.63. The van der Waals surface area contributed by atoms with Gasteiger partial charge in [0.2, 0.25) is 5.91 Å². The number of nitrogens with one attached hydrogen (secondary N) is 2. The number of pyridine rings is 1. The molecule has 2 aromatic heterocycles. The van der Waals surface area contributed by atoms with Gasteiger partial charge < -0.3 is 15.2 Å². The van der Waals surface area contributed by atoms with Crippen LogP contribution in [-0.4, -0.2) is 39.8 Å². The highest BCUT2D eigenvalue weighted by Crippen LogP contribution is 2.52. The molecule has 6 heteroatoms. The van der Waals surface area contributed by atoms with Crippen molar-refractivity contribution in [2.45, 2.75) is 25.8 Å². The van der Waals surface area contributed by atoms with Crippen molar-refractivity contribution in [2.24, 2.45) is 11.3 Å². The summed E-state index contributed by atoms with van der Waals surface area (Å²) < 4.78 is 0. The second-order valence-corrected chi connectivity index (χ2v) is 8.27. The molecule has 3 heterocycles. The number of nitrogens with zero attached hydrogens (tertiary/aromatic N) is 2. The zero-order valence-corrected chi connectivity index (χ0v) is 16.2. The van der Waals surface area contributed by atoms with Crippen molar-refractivity contribution in [2.75, 3.05) is 13.1 Å². The summed E-state index contributed by atoms with van der Waals surface area (Å²) in [5.74, 6) is -0.0740. The number of carbonyl (C=O) groups is 2. The summed E-state index contributed by atoms with van der Waals surface area (Å²) >= 11 is 0. The molecule has 2 amide bonds. The maximum absolute atomic E-state index is 13.3. The van der Waals surface area contributed by atoms with E-state index < -0.39 is 0 Å². The van der Waals surface area contributed by atoms with Crippen LogP contribution in [0.15, 0.2) is 55.0 Å². The number of hydrogen-bond acceptors (Lipinski definition) is 3. The summed E-state index contributed by atoms with van der Waals surface area (Å²) in [6.07, 6.45) is 8.47. The molecule has 0 bridgehead atoms. The van der Waals surface area contributed by atoms with Gasteiger partial charge in [-0.05, 0) is 48.7 Å². The molecule has 1 aliphatic heterocycles. The number of likely N-dealkylation sites (tertiary alicyclic amines) is 1. The Bertz CT molecular complexity index is 1050. The molecular formula is C23H24N4O2. The molecular weight excluding hydrogens is 364 g/mol. The van der Waals surface area contributed by atoms with Crippen LogP contribution >= 0.6 is 0 Å². The van der Waals surface area contributed by atoms with Crippen molar-refractivity contribution in [3.8, 4) is 0 Å². The van der Waals surface area contributed by atoms with Gasteiger partial charge in [-0.3, -0.25) is 14.6 Å². The Balaban J connectivity index is 1.34. The fourth-order valence-corrected chi connectivity index (χ4v) is 4.88. The van der Waals surface area contributed by atoms with Gasteiger partial charge in [0.25, 0.3) is 5.91 Å². The monoisotopic (exact) mass is 388 g/mol. The van der Waals surface area contributed by atoms with Crippen LogP contribution in [0.1, 0.15) is 35.2 Å². The van der Waals surface area contributed by atoms with Crippen molar-refractivity contribution in [3.63, 3.8) is 0 Å². The predicted molar refractivity (Wildman–Crippen MR) is 110 cm³/mol. The van der Waals surface area contributed by atoms with Crippen LogP contribution in [0.3, 0.4) is 0 Å². The zero-order valence-electron chi connectivity index (χ0n) is 16.2. The van der Waals surface area contributed by atoms with E-state index in [4.69, 9.17) is 0 Å². The first kappa shape index (κ1) is 17.9. The predicted octanol–water partition coefficient (Wildman–Crippen LogP) is 3.12. The van der Waals surface area contributed by atoms with Crippen LogP contribution < -0.4 is 5.32 Å². The van der Waals surface area contributed by atoms with E-state index in [2.05, 4.69) is 15.3 Å². The van der Waals surface area contributed by atoms with Gasteiger partial charge in [0.1, 0.15) is 0 Å². The van der Waals surface area contributed by atoms with Crippen molar-refractivity contribution >= 4 is 22.7 Å². The molecule has 1 atom stereocenters. The molecule has 3 aromatic rings. The van der Waals surface area contributed by atoms with Gasteiger partial charge in [-0.15, -0.1) is 0 Å². The highest BCUT2D eigenvalue weighted by Gasteiger charge is 2.54. The van der Waals surface area contributed by atoms with Crippen LogP contribution in [0.4, 0.5) is 0 Å². The minimum Gasteiger partial charge on any atom is -0.361 e. The van der Waals surface area contributed by atoms with Crippen LogP contribution in [0.2, 0.25) is 0 Å². The maximum Gasteiger partial charge on any atom is 0.254 e. The summed E-state index contributed by atoms with van der Waals surface area (Å²) in [4.78, 5) is 35.4. The molecule has 1 spiro atoms. The van der Waals surface area contributed by atoms with E-state index in [9.17, 15) is 9.59 Å². The second kappa shape index (κ2) is 7.03. The molecule has 6 nitrogen and oxygen atoms in total.